The van der Waals surface area contributed by atoms with Crippen LogP contribution in [0, 0.1) is 19.7 Å². The fourth-order valence-corrected chi connectivity index (χ4v) is 4.31. The van der Waals surface area contributed by atoms with E-state index in [4.69, 9.17) is 0 Å². The predicted octanol–water partition coefficient (Wildman–Crippen LogP) is 3.30. The molecule has 1 aromatic carbocycles. The highest BCUT2D eigenvalue weighted by atomic mass is 32.2. The fraction of sp³-hybridized carbons (Fsp3) is 0.571. The van der Waals surface area contributed by atoms with Gasteiger partial charge in [-0.15, -0.1) is 0 Å². The summed E-state index contributed by atoms with van der Waals surface area (Å²) in [7, 11) is -3.63. The molecule has 0 spiro atoms. The third kappa shape index (κ3) is 4.01. The smallest absolute Gasteiger partial charge is 0.207 e. The van der Waals surface area contributed by atoms with E-state index in [0.717, 1.165) is 12.8 Å². The molecule has 0 radical (unpaired) electrons. The minimum Gasteiger partial charge on any atom is -0.207 e. The van der Waals surface area contributed by atoms with Crippen molar-refractivity contribution in [3.05, 3.63) is 29.1 Å². The summed E-state index contributed by atoms with van der Waals surface area (Å²) >= 11 is 0. The van der Waals surface area contributed by atoms with Crippen LogP contribution in [0.4, 0.5) is 4.39 Å². The van der Waals surface area contributed by atoms with Crippen molar-refractivity contribution >= 4 is 10.0 Å². The highest BCUT2D eigenvalue weighted by Crippen LogP contribution is 2.24. The third-order valence-electron chi connectivity index (χ3n) is 2.98. The molecule has 0 bridgehead atoms. The van der Waals surface area contributed by atoms with Crippen LogP contribution >= 0.6 is 0 Å². The Hall–Kier alpha value is -0.940. The summed E-state index contributed by atoms with van der Waals surface area (Å²) < 4.78 is 40.8. The average Bonchev–Trinajstić information content (AvgIpc) is 2.11. The molecule has 1 N–H and O–H groups in total. The van der Waals surface area contributed by atoms with E-state index < -0.39 is 21.4 Å². The van der Waals surface area contributed by atoms with Crippen LogP contribution in [-0.2, 0) is 10.0 Å². The lowest BCUT2D eigenvalue weighted by molar-refractivity contribution is 0.417. The van der Waals surface area contributed by atoms with Crippen molar-refractivity contribution in [3.8, 4) is 0 Å². The van der Waals surface area contributed by atoms with Gasteiger partial charge in [0.25, 0.3) is 0 Å². The monoisotopic (exact) mass is 287 g/mol. The van der Waals surface area contributed by atoms with Gasteiger partial charge in [0.1, 0.15) is 5.82 Å². The van der Waals surface area contributed by atoms with E-state index in [1.807, 2.05) is 20.8 Å². The molecular weight excluding hydrogens is 265 g/mol. The number of nitrogens with one attached hydrogen (secondary N) is 1. The molecule has 0 saturated heterocycles. The zero-order valence-corrected chi connectivity index (χ0v) is 13.0. The van der Waals surface area contributed by atoms with Gasteiger partial charge in [-0.2, -0.15) is 0 Å². The van der Waals surface area contributed by atoms with Crippen LogP contribution in [0.15, 0.2) is 17.0 Å². The number of halogens is 1. The lowest BCUT2D eigenvalue weighted by Crippen LogP contribution is -2.43. The maximum absolute atomic E-state index is 13.2. The average molecular weight is 287 g/mol. The molecule has 0 heterocycles. The molecule has 0 saturated carbocycles. The quantitative estimate of drug-likeness (QED) is 0.903. The Morgan fingerprint density at radius 2 is 1.68 bits per heavy atom. The van der Waals surface area contributed by atoms with E-state index in [-0.39, 0.29) is 4.90 Å². The summed E-state index contributed by atoms with van der Waals surface area (Å²) in [6.45, 7) is 8.92. The number of hydrogen-bond acceptors (Lipinski definition) is 2. The second-order valence-corrected chi connectivity index (χ2v) is 7.23. The van der Waals surface area contributed by atoms with Crippen molar-refractivity contribution in [3.63, 3.8) is 0 Å². The maximum atomic E-state index is 13.2. The number of benzene rings is 1. The second-order valence-electron chi connectivity index (χ2n) is 5.61. The first-order chi connectivity index (χ1) is 8.59. The lowest BCUT2D eigenvalue weighted by Gasteiger charge is -2.26. The van der Waals surface area contributed by atoms with Crippen molar-refractivity contribution in [1.29, 1.82) is 0 Å². The maximum Gasteiger partial charge on any atom is 0.241 e. The summed E-state index contributed by atoms with van der Waals surface area (Å²) in [6.07, 6.45) is 1.63. The molecule has 0 unspecified atom stereocenters. The second kappa shape index (κ2) is 5.59. The largest absolute Gasteiger partial charge is 0.241 e. The van der Waals surface area contributed by atoms with E-state index in [1.54, 1.807) is 13.8 Å². The van der Waals surface area contributed by atoms with Crippen molar-refractivity contribution in [1.82, 2.24) is 4.72 Å². The molecule has 0 atom stereocenters. The van der Waals surface area contributed by atoms with Gasteiger partial charge >= 0.3 is 0 Å². The third-order valence-corrected chi connectivity index (χ3v) is 4.98. The van der Waals surface area contributed by atoms with Gasteiger partial charge in [-0.1, -0.05) is 13.3 Å². The first-order valence-electron chi connectivity index (χ1n) is 6.40. The van der Waals surface area contributed by atoms with Crippen molar-refractivity contribution < 1.29 is 12.8 Å². The summed E-state index contributed by atoms with van der Waals surface area (Å²) in [5, 5.41) is 0. The number of sulfonamides is 1. The van der Waals surface area contributed by atoms with E-state index >= 15 is 0 Å². The minimum absolute atomic E-state index is 0.179. The van der Waals surface area contributed by atoms with Crippen LogP contribution in [0.3, 0.4) is 0 Å². The van der Waals surface area contributed by atoms with E-state index in [2.05, 4.69) is 4.72 Å². The van der Waals surface area contributed by atoms with Crippen LogP contribution in [0.1, 0.15) is 44.7 Å². The number of hydrogen-bond donors (Lipinski definition) is 1. The van der Waals surface area contributed by atoms with E-state index in [9.17, 15) is 12.8 Å². The number of rotatable bonds is 5. The molecule has 0 aliphatic rings. The van der Waals surface area contributed by atoms with Crippen molar-refractivity contribution in [2.45, 2.75) is 57.9 Å². The Balaban J connectivity index is 3.22. The van der Waals surface area contributed by atoms with Crippen LogP contribution in [0.2, 0.25) is 0 Å². The summed E-state index contributed by atoms with van der Waals surface area (Å²) in [6, 6.07) is 2.49. The Morgan fingerprint density at radius 3 is 2.11 bits per heavy atom. The molecule has 0 amide bonds. The van der Waals surface area contributed by atoms with Crippen LogP contribution in [-0.4, -0.2) is 14.0 Å². The van der Waals surface area contributed by atoms with Gasteiger partial charge < -0.3 is 0 Å². The minimum atomic E-state index is -3.63. The van der Waals surface area contributed by atoms with E-state index in [1.165, 1.54) is 12.1 Å². The topological polar surface area (TPSA) is 46.2 Å². The molecular formula is C14H22FNO2S. The van der Waals surface area contributed by atoms with Gasteiger partial charge in [-0.05, 0) is 57.4 Å². The van der Waals surface area contributed by atoms with Gasteiger partial charge in [0.2, 0.25) is 10.0 Å². The highest BCUT2D eigenvalue weighted by Gasteiger charge is 2.28. The van der Waals surface area contributed by atoms with E-state index in [0.29, 0.717) is 11.1 Å². The molecule has 1 rings (SSSR count). The van der Waals surface area contributed by atoms with Crippen LogP contribution < -0.4 is 4.72 Å². The molecule has 5 heteroatoms. The van der Waals surface area contributed by atoms with Gasteiger partial charge in [0.15, 0.2) is 0 Å². The SMILES string of the molecule is CCCC(C)(C)NS(=O)(=O)c1c(C)cc(F)cc1C. The van der Waals surface area contributed by atoms with Crippen molar-refractivity contribution in [2.24, 2.45) is 0 Å². The molecule has 0 aliphatic heterocycles. The Labute approximate surface area is 115 Å². The first kappa shape index (κ1) is 16.1. The number of aryl methyl sites for hydroxylation is 2. The van der Waals surface area contributed by atoms with Crippen LogP contribution in [0.25, 0.3) is 0 Å². The zero-order valence-electron chi connectivity index (χ0n) is 12.2. The first-order valence-corrected chi connectivity index (χ1v) is 7.88. The fourth-order valence-electron chi connectivity index (χ4n) is 2.41. The predicted molar refractivity (Wildman–Crippen MR) is 75.2 cm³/mol. The van der Waals surface area contributed by atoms with Gasteiger partial charge in [0, 0.05) is 5.54 Å². The standard InChI is InChI=1S/C14H22FNO2S/c1-6-7-14(4,5)16-19(17,18)13-10(2)8-12(15)9-11(13)3/h8-9,16H,6-7H2,1-5H3. The van der Waals surface area contributed by atoms with Gasteiger partial charge in [0.05, 0.1) is 4.90 Å². The summed E-state index contributed by atoms with van der Waals surface area (Å²) in [5.74, 6) is -0.415. The van der Waals surface area contributed by atoms with Gasteiger partial charge in [-0.3, -0.25) is 0 Å². The summed E-state index contributed by atoms with van der Waals surface area (Å²) in [5.41, 5.74) is 0.343. The zero-order chi connectivity index (χ0) is 14.8. The molecule has 0 aromatic heterocycles. The summed E-state index contributed by atoms with van der Waals surface area (Å²) in [4.78, 5) is 0.179. The molecule has 108 valence electrons. The molecule has 0 aliphatic carbocycles. The van der Waals surface area contributed by atoms with Crippen molar-refractivity contribution in [2.75, 3.05) is 0 Å². The molecule has 19 heavy (non-hydrogen) atoms. The lowest BCUT2D eigenvalue weighted by atomic mass is 10.0. The normalized spacial score (nSPS) is 12.7. The Morgan fingerprint density at radius 1 is 1.21 bits per heavy atom. The molecule has 1 aromatic rings. The highest BCUT2D eigenvalue weighted by molar-refractivity contribution is 7.89. The van der Waals surface area contributed by atoms with Gasteiger partial charge in [-0.25, -0.2) is 17.5 Å². The Kier molecular flexibility index (Phi) is 4.74. The Bertz CT molecular complexity index is 542. The molecule has 0 fully saturated rings. The van der Waals surface area contributed by atoms with Crippen LogP contribution in [0.5, 0.6) is 0 Å². The molecule has 3 nitrogen and oxygen atoms in total.